The number of likely N-dealkylation sites (tertiary alicyclic amines) is 1. The number of anilines is 1. The van der Waals surface area contributed by atoms with Gasteiger partial charge in [-0.2, -0.15) is 0 Å². The van der Waals surface area contributed by atoms with E-state index >= 15 is 0 Å². The van der Waals surface area contributed by atoms with Crippen molar-refractivity contribution in [3.63, 3.8) is 0 Å². The second kappa shape index (κ2) is 9.99. The monoisotopic (exact) mass is 469 g/mol. The highest BCUT2D eigenvalue weighted by Gasteiger charge is 2.34. The number of carbonyl (C=O) groups excluding carboxylic acids is 2. The molecule has 9 heteroatoms. The van der Waals surface area contributed by atoms with Gasteiger partial charge in [0.25, 0.3) is 0 Å². The SMILES string of the molecule is COc1ccc(CCN2C[C@H](C(=O)Nc3nc(-c4ccc(F)cc4)cs3)CC2=O)cc1OC. The minimum Gasteiger partial charge on any atom is -0.493 e. The van der Waals surface area contributed by atoms with Crippen molar-refractivity contribution in [2.24, 2.45) is 5.92 Å². The van der Waals surface area contributed by atoms with E-state index < -0.39 is 5.92 Å². The highest BCUT2D eigenvalue weighted by molar-refractivity contribution is 7.14. The number of hydrogen-bond acceptors (Lipinski definition) is 6. The predicted molar refractivity (Wildman–Crippen MR) is 124 cm³/mol. The molecule has 1 fully saturated rings. The zero-order chi connectivity index (χ0) is 23.4. The number of nitrogens with one attached hydrogen (secondary N) is 1. The molecule has 1 aliphatic heterocycles. The molecule has 0 spiro atoms. The van der Waals surface area contributed by atoms with E-state index in [0.29, 0.717) is 41.8 Å². The molecule has 2 amide bonds. The number of hydrogen-bond donors (Lipinski definition) is 1. The van der Waals surface area contributed by atoms with Gasteiger partial charge >= 0.3 is 0 Å². The summed E-state index contributed by atoms with van der Waals surface area (Å²) in [7, 11) is 3.17. The maximum atomic E-state index is 13.1. The lowest BCUT2D eigenvalue weighted by Crippen LogP contribution is -2.30. The van der Waals surface area contributed by atoms with E-state index in [9.17, 15) is 14.0 Å². The first kappa shape index (κ1) is 22.7. The Kier molecular flexibility index (Phi) is 6.88. The van der Waals surface area contributed by atoms with Gasteiger partial charge in [-0.25, -0.2) is 9.37 Å². The number of methoxy groups -OCH3 is 2. The maximum absolute atomic E-state index is 13.1. The number of ether oxygens (including phenoxy) is 2. The molecule has 0 unspecified atom stereocenters. The third kappa shape index (κ3) is 5.31. The Hall–Kier alpha value is -3.46. The zero-order valence-electron chi connectivity index (χ0n) is 18.3. The van der Waals surface area contributed by atoms with Gasteiger partial charge in [-0.05, 0) is 48.4 Å². The van der Waals surface area contributed by atoms with E-state index in [1.807, 2.05) is 18.2 Å². The highest BCUT2D eigenvalue weighted by atomic mass is 32.1. The van der Waals surface area contributed by atoms with Crippen LogP contribution >= 0.6 is 11.3 Å². The molecule has 33 heavy (non-hydrogen) atoms. The Balaban J connectivity index is 1.32. The molecule has 0 radical (unpaired) electrons. The van der Waals surface area contributed by atoms with Crippen LogP contribution in [-0.2, 0) is 16.0 Å². The average molecular weight is 470 g/mol. The van der Waals surface area contributed by atoms with E-state index in [1.54, 1.807) is 36.6 Å². The lowest BCUT2D eigenvalue weighted by Gasteiger charge is -2.17. The Morgan fingerprint density at radius 1 is 1.18 bits per heavy atom. The number of aromatic nitrogens is 1. The number of halogens is 1. The molecule has 0 bridgehead atoms. The van der Waals surface area contributed by atoms with E-state index in [1.165, 1.54) is 23.5 Å². The molecule has 1 N–H and O–H groups in total. The number of thiazole rings is 1. The Morgan fingerprint density at radius 3 is 2.67 bits per heavy atom. The van der Waals surface area contributed by atoms with Gasteiger partial charge in [0.15, 0.2) is 16.6 Å². The van der Waals surface area contributed by atoms with Crippen LogP contribution in [0.5, 0.6) is 11.5 Å². The molecule has 172 valence electrons. The van der Waals surface area contributed by atoms with Gasteiger partial charge in [0.05, 0.1) is 25.8 Å². The topological polar surface area (TPSA) is 80.8 Å². The predicted octanol–water partition coefficient (Wildman–Crippen LogP) is 4.00. The largest absolute Gasteiger partial charge is 0.493 e. The third-order valence-corrected chi connectivity index (χ3v) is 6.34. The van der Waals surface area contributed by atoms with Gasteiger partial charge < -0.3 is 19.7 Å². The maximum Gasteiger partial charge on any atom is 0.231 e. The Bertz CT molecular complexity index is 1150. The van der Waals surface area contributed by atoms with Crippen molar-refractivity contribution in [2.75, 3.05) is 32.6 Å². The first-order valence-corrected chi connectivity index (χ1v) is 11.4. The lowest BCUT2D eigenvalue weighted by atomic mass is 10.1. The average Bonchev–Trinajstić information content (AvgIpc) is 3.44. The van der Waals surface area contributed by atoms with Crippen LogP contribution in [0.2, 0.25) is 0 Å². The molecule has 1 saturated heterocycles. The summed E-state index contributed by atoms with van der Waals surface area (Å²) in [6, 6.07) is 11.7. The van der Waals surface area contributed by atoms with Crippen LogP contribution in [0.1, 0.15) is 12.0 Å². The molecule has 2 aromatic carbocycles. The molecule has 1 atom stereocenters. The molecular weight excluding hydrogens is 445 g/mol. The smallest absolute Gasteiger partial charge is 0.231 e. The number of amides is 2. The Labute approximate surface area is 195 Å². The number of rotatable bonds is 8. The van der Waals surface area contributed by atoms with Gasteiger partial charge in [0.1, 0.15) is 5.82 Å². The van der Waals surface area contributed by atoms with Crippen LogP contribution in [0, 0.1) is 11.7 Å². The summed E-state index contributed by atoms with van der Waals surface area (Å²) in [6.45, 7) is 0.887. The van der Waals surface area contributed by atoms with E-state index in [4.69, 9.17) is 9.47 Å². The van der Waals surface area contributed by atoms with Crippen molar-refractivity contribution >= 4 is 28.3 Å². The first-order chi connectivity index (χ1) is 16.0. The van der Waals surface area contributed by atoms with Crippen molar-refractivity contribution in [3.05, 3.63) is 59.2 Å². The van der Waals surface area contributed by atoms with Gasteiger partial charge in [0.2, 0.25) is 11.8 Å². The number of carbonyl (C=O) groups is 2. The van der Waals surface area contributed by atoms with Crippen LogP contribution in [0.25, 0.3) is 11.3 Å². The second-order valence-electron chi connectivity index (χ2n) is 7.71. The molecule has 7 nitrogen and oxygen atoms in total. The van der Waals surface area contributed by atoms with Gasteiger partial charge in [0, 0.05) is 30.5 Å². The summed E-state index contributed by atoms with van der Waals surface area (Å²) in [5.74, 6) is 0.285. The minimum absolute atomic E-state index is 0.0400. The number of benzene rings is 2. The molecule has 0 saturated carbocycles. The zero-order valence-corrected chi connectivity index (χ0v) is 19.2. The third-order valence-electron chi connectivity index (χ3n) is 5.58. The normalized spacial score (nSPS) is 15.5. The van der Waals surface area contributed by atoms with E-state index in [2.05, 4.69) is 10.3 Å². The highest BCUT2D eigenvalue weighted by Crippen LogP contribution is 2.29. The summed E-state index contributed by atoms with van der Waals surface area (Å²) in [5, 5.41) is 5.07. The van der Waals surface area contributed by atoms with E-state index in [-0.39, 0.29) is 24.1 Å². The molecule has 4 rings (SSSR count). The van der Waals surface area contributed by atoms with Gasteiger partial charge in [-0.1, -0.05) is 6.07 Å². The molecule has 1 aromatic heterocycles. The van der Waals surface area contributed by atoms with Crippen molar-refractivity contribution in [1.82, 2.24) is 9.88 Å². The molecular formula is C24H24FN3O4S. The Morgan fingerprint density at radius 2 is 1.94 bits per heavy atom. The van der Waals surface area contributed by atoms with Gasteiger partial charge in [-0.3, -0.25) is 9.59 Å². The van der Waals surface area contributed by atoms with E-state index in [0.717, 1.165) is 11.1 Å². The summed E-state index contributed by atoms with van der Waals surface area (Å²) in [6.07, 6.45) is 0.821. The lowest BCUT2D eigenvalue weighted by molar-refractivity contribution is -0.128. The molecule has 1 aliphatic rings. The second-order valence-corrected chi connectivity index (χ2v) is 8.57. The van der Waals surface area contributed by atoms with Crippen molar-refractivity contribution in [2.45, 2.75) is 12.8 Å². The van der Waals surface area contributed by atoms with Crippen LogP contribution in [0.3, 0.4) is 0 Å². The van der Waals surface area contributed by atoms with Crippen molar-refractivity contribution in [3.8, 4) is 22.8 Å². The summed E-state index contributed by atoms with van der Waals surface area (Å²) in [4.78, 5) is 31.3. The van der Waals surface area contributed by atoms with Gasteiger partial charge in [-0.15, -0.1) is 11.3 Å². The minimum atomic E-state index is -0.430. The van der Waals surface area contributed by atoms with Crippen molar-refractivity contribution in [1.29, 1.82) is 0 Å². The number of nitrogens with zero attached hydrogens (tertiary/aromatic N) is 2. The first-order valence-electron chi connectivity index (χ1n) is 10.5. The quantitative estimate of drug-likeness (QED) is 0.540. The fourth-order valence-corrected chi connectivity index (χ4v) is 4.48. The van der Waals surface area contributed by atoms with Crippen LogP contribution in [0.4, 0.5) is 9.52 Å². The fraction of sp³-hybridized carbons (Fsp3) is 0.292. The van der Waals surface area contributed by atoms with Crippen LogP contribution in [0.15, 0.2) is 47.8 Å². The summed E-state index contributed by atoms with van der Waals surface area (Å²) < 4.78 is 23.7. The van der Waals surface area contributed by atoms with Crippen LogP contribution in [-0.4, -0.2) is 49.0 Å². The van der Waals surface area contributed by atoms with Crippen LogP contribution < -0.4 is 14.8 Å². The summed E-state index contributed by atoms with van der Waals surface area (Å²) in [5.41, 5.74) is 2.45. The molecule has 3 aromatic rings. The van der Waals surface area contributed by atoms with Crippen molar-refractivity contribution < 1.29 is 23.5 Å². The standard InChI is InChI=1S/C24H24FN3O4S/c1-31-20-8-3-15(11-21(20)32-2)9-10-28-13-17(12-22(28)29)23(30)27-24-26-19(14-33-24)16-4-6-18(25)7-5-16/h3-8,11,14,17H,9-10,12-13H2,1-2H3,(H,26,27,30)/t17-/m1/s1. The molecule has 2 heterocycles. The molecule has 0 aliphatic carbocycles. The fourth-order valence-electron chi connectivity index (χ4n) is 3.76. The summed E-state index contributed by atoms with van der Waals surface area (Å²) >= 11 is 1.29.